The fourth-order valence-electron chi connectivity index (χ4n) is 2.66. The topological polar surface area (TPSA) is 85.2 Å². The Bertz CT molecular complexity index is 678. The molecular formula is C15H20N6O2. The second kappa shape index (κ2) is 6.64. The van der Waals surface area contributed by atoms with Crippen molar-refractivity contribution in [1.82, 2.24) is 24.8 Å². The zero-order chi connectivity index (χ0) is 16.2. The van der Waals surface area contributed by atoms with Crippen molar-refractivity contribution < 1.29 is 9.53 Å². The van der Waals surface area contributed by atoms with E-state index in [9.17, 15) is 4.79 Å². The molecule has 1 amide bonds. The molecule has 8 nitrogen and oxygen atoms in total. The van der Waals surface area contributed by atoms with Crippen molar-refractivity contribution >= 4 is 11.9 Å². The van der Waals surface area contributed by atoms with Crippen LogP contribution >= 0.6 is 0 Å². The lowest BCUT2D eigenvalue weighted by atomic mass is 10.1. The average molecular weight is 316 g/mol. The van der Waals surface area contributed by atoms with Crippen LogP contribution in [0.1, 0.15) is 23.3 Å². The molecule has 0 radical (unpaired) electrons. The zero-order valence-corrected chi connectivity index (χ0v) is 13.3. The van der Waals surface area contributed by atoms with Crippen LogP contribution in [0.25, 0.3) is 0 Å². The average Bonchev–Trinajstić information content (AvgIpc) is 3.02. The molecule has 0 atom stereocenters. The lowest BCUT2D eigenvalue weighted by molar-refractivity contribution is 0.0923. The van der Waals surface area contributed by atoms with Crippen molar-refractivity contribution in [3.8, 4) is 5.88 Å². The van der Waals surface area contributed by atoms with Gasteiger partial charge in [0.1, 0.15) is 5.69 Å². The number of hydrogen-bond acceptors (Lipinski definition) is 6. The summed E-state index contributed by atoms with van der Waals surface area (Å²) in [4.78, 5) is 26.9. The number of nitrogens with one attached hydrogen (secondary N) is 1. The number of carbonyl (C=O) groups is 1. The van der Waals surface area contributed by atoms with Gasteiger partial charge in [-0.15, -0.1) is 0 Å². The summed E-state index contributed by atoms with van der Waals surface area (Å²) in [5.41, 5.74) is 0.573. The third kappa shape index (κ3) is 3.41. The molecule has 2 aromatic heterocycles. The number of nitrogens with zero attached hydrogens (tertiary/aromatic N) is 5. The highest BCUT2D eigenvalue weighted by Crippen LogP contribution is 2.18. The van der Waals surface area contributed by atoms with Gasteiger partial charge < -0.3 is 19.5 Å². The molecule has 8 heteroatoms. The smallest absolute Gasteiger partial charge is 0.269 e. The Kier molecular flexibility index (Phi) is 4.40. The summed E-state index contributed by atoms with van der Waals surface area (Å²) >= 11 is 0. The molecule has 2 aromatic rings. The molecule has 0 saturated carbocycles. The van der Waals surface area contributed by atoms with E-state index in [1.165, 1.54) is 0 Å². The fourth-order valence-corrected chi connectivity index (χ4v) is 2.66. The number of aromatic nitrogens is 4. The van der Waals surface area contributed by atoms with Crippen LogP contribution in [0.3, 0.4) is 0 Å². The number of hydrogen-bond donors (Lipinski definition) is 1. The Balaban J connectivity index is 1.56. The standard InChI is InChI=1S/C15H20N6O2/c1-20-10-16-9-12(20)14(22)18-11-4-7-21(8-5-11)15-17-6-3-13(19-15)23-2/h3,6,9-11H,4-5,7-8H2,1-2H3,(H,18,22). The van der Waals surface area contributed by atoms with Crippen LogP contribution < -0.4 is 15.0 Å². The van der Waals surface area contributed by atoms with Gasteiger partial charge in [0.05, 0.1) is 19.6 Å². The molecule has 1 aliphatic rings. The van der Waals surface area contributed by atoms with Crippen molar-refractivity contribution in [3.05, 3.63) is 30.5 Å². The highest BCUT2D eigenvalue weighted by molar-refractivity contribution is 5.92. The van der Waals surface area contributed by atoms with Crippen LogP contribution in [-0.4, -0.2) is 51.7 Å². The van der Waals surface area contributed by atoms with Crippen molar-refractivity contribution in [2.45, 2.75) is 18.9 Å². The molecule has 3 rings (SSSR count). The van der Waals surface area contributed by atoms with Gasteiger partial charge in [0, 0.05) is 38.4 Å². The third-order valence-electron chi connectivity index (χ3n) is 3.99. The first-order valence-corrected chi connectivity index (χ1v) is 7.56. The molecular weight excluding hydrogens is 296 g/mol. The summed E-state index contributed by atoms with van der Waals surface area (Å²) in [6.45, 7) is 1.59. The number of amides is 1. The minimum Gasteiger partial charge on any atom is -0.481 e. The van der Waals surface area contributed by atoms with Crippen molar-refractivity contribution in [1.29, 1.82) is 0 Å². The molecule has 3 heterocycles. The van der Waals surface area contributed by atoms with E-state index in [0.29, 0.717) is 17.5 Å². The SMILES string of the molecule is COc1ccnc(N2CCC(NC(=O)c3cncn3C)CC2)n1. The van der Waals surface area contributed by atoms with Crippen LogP contribution in [-0.2, 0) is 7.05 Å². The number of piperidine rings is 1. The number of ether oxygens (including phenoxy) is 1. The summed E-state index contributed by atoms with van der Waals surface area (Å²) in [6.07, 6.45) is 6.60. The second-order valence-corrected chi connectivity index (χ2v) is 5.52. The number of anilines is 1. The van der Waals surface area contributed by atoms with Gasteiger partial charge in [0.15, 0.2) is 0 Å². The molecule has 0 spiro atoms. The van der Waals surface area contributed by atoms with Gasteiger partial charge in [-0.2, -0.15) is 4.98 Å². The molecule has 122 valence electrons. The van der Waals surface area contributed by atoms with E-state index in [-0.39, 0.29) is 11.9 Å². The van der Waals surface area contributed by atoms with E-state index < -0.39 is 0 Å². The lowest BCUT2D eigenvalue weighted by Crippen LogP contribution is -2.45. The van der Waals surface area contributed by atoms with Gasteiger partial charge in [-0.05, 0) is 12.8 Å². The van der Waals surface area contributed by atoms with Crippen LogP contribution in [0.15, 0.2) is 24.8 Å². The van der Waals surface area contributed by atoms with Gasteiger partial charge in [-0.25, -0.2) is 9.97 Å². The summed E-state index contributed by atoms with van der Waals surface area (Å²) in [5, 5.41) is 3.06. The van der Waals surface area contributed by atoms with Crippen LogP contribution in [0.2, 0.25) is 0 Å². The monoisotopic (exact) mass is 316 g/mol. The van der Waals surface area contributed by atoms with E-state index in [2.05, 4.69) is 25.2 Å². The number of methoxy groups -OCH3 is 1. The lowest BCUT2D eigenvalue weighted by Gasteiger charge is -2.32. The van der Waals surface area contributed by atoms with Gasteiger partial charge >= 0.3 is 0 Å². The van der Waals surface area contributed by atoms with E-state index in [1.807, 2.05) is 7.05 Å². The van der Waals surface area contributed by atoms with E-state index in [4.69, 9.17) is 4.74 Å². The first-order chi connectivity index (χ1) is 11.2. The maximum Gasteiger partial charge on any atom is 0.269 e. The molecule has 1 aliphatic heterocycles. The Morgan fingerprint density at radius 2 is 2.17 bits per heavy atom. The highest BCUT2D eigenvalue weighted by atomic mass is 16.5. The molecule has 1 fully saturated rings. The predicted octanol–water partition coefficient (Wildman–Crippen LogP) is 0.617. The molecule has 0 unspecified atom stereocenters. The van der Waals surface area contributed by atoms with E-state index in [1.54, 1.807) is 36.5 Å². The minimum atomic E-state index is -0.0823. The molecule has 1 saturated heterocycles. The van der Waals surface area contributed by atoms with Gasteiger partial charge in [0.25, 0.3) is 5.91 Å². The maximum absolute atomic E-state index is 12.2. The number of imidazole rings is 1. The maximum atomic E-state index is 12.2. The molecule has 0 bridgehead atoms. The van der Waals surface area contributed by atoms with Crippen molar-refractivity contribution in [3.63, 3.8) is 0 Å². The van der Waals surface area contributed by atoms with E-state index >= 15 is 0 Å². The molecule has 1 N–H and O–H groups in total. The van der Waals surface area contributed by atoms with E-state index in [0.717, 1.165) is 25.9 Å². The molecule has 23 heavy (non-hydrogen) atoms. The summed E-state index contributed by atoms with van der Waals surface area (Å²) in [5.74, 6) is 1.14. The largest absolute Gasteiger partial charge is 0.481 e. The summed E-state index contributed by atoms with van der Waals surface area (Å²) < 4.78 is 6.85. The number of aryl methyl sites for hydroxylation is 1. The Morgan fingerprint density at radius 3 is 2.83 bits per heavy atom. The van der Waals surface area contributed by atoms with Crippen LogP contribution in [0.5, 0.6) is 5.88 Å². The van der Waals surface area contributed by atoms with Crippen molar-refractivity contribution in [2.75, 3.05) is 25.1 Å². The Morgan fingerprint density at radius 1 is 1.39 bits per heavy atom. The summed E-state index contributed by atoms with van der Waals surface area (Å²) in [6, 6.07) is 1.88. The van der Waals surface area contributed by atoms with Gasteiger partial charge in [0.2, 0.25) is 11.8 Å². The van der Waals surface area contributed by atoms with Crippen LogP contribution in [0.4, 0.5) is 5.95 Å². The number of rotatable bonds is 4. The van der Waals surface area contributed by atoms with Crippen molar-refractivity contribution in [2.24, 2.45) is 7.05 Å². The third-order valence-corrected chi connectivity index (χ3v) is 3.99. The zero-order valence-electron chi connectivity index (χ0n) is 13.3. The quantitative estimate of drug-likeness (QED) is 0.890. The minimum absolute atomic E-state index is 0.0823. The number of carbonyl (C=O) groups excluding carboxylic acids is 1. The van der Waals surface area contributed by atoms with Gasteiger partial charge in [-0.1, -0.05) is 0 Å². The first kappa shape index (κ1) is 15.3. The van der Waals surface area contributed by atoms with Crippen LogP contribution in [0, 0.1) is 0 Å². The molecule has 0 aliphatic carbocycles. The first-order valence-electron chi connectivity index (χ1n) is 7.56. The molecule has 0 aromatic carbocycles. The Labute approximate surface area is 134 Å². The van der Waals surface area contributed by atoms with Gasteiger partial charge in [-0.3, -0.25) is 4.79 Å². The summed E-state index contributed by atoms with van der Waals surface area (Å²) in [7, 11) is 3.40. The predicted molar refractivity (Wildman–Crippen MR) is 84.5 cm³/mol. The Hall–Kier alpha value is -2.64. The normalized spacial score (nSPS) is 15.5. The highest BCUT2D eigenvalue weighted by Gasteiger charge is 2.23. The second-order valence-electron chi connectivity index (χ2n) is 5.52. The fraction of sp³-hybridized carbons (Fsp3) is 0.467.